The van der Waals surface area contributed by atoms with Crippen LogP contribution >= 0.6 is 23.2 Å². The smallest absolute Gasteiger partial charge is 0.338 e. The van der Waals surface area contributed by atoms with E-state index < -0.39 is 6.03 Å². The standard InChI is InChI=1S/C19H25Cl2N7O/c1-6-28(27-19(29)24-12-7-14(20)25-15(21)8-12)16-9-13(10(2)3)17(11(4)22)18(23-5)26-16/h7-10,22H,6H2,1-5H3,(H,23,26)(H2,24,25,27,29). The number of urea groups is 1. The van der Waals surface area contributed by atoms with Crippen LogP contribution in [0.5, 0.6) is 0 Å². The molecule has 0 spiro atoms. The van der Waals surface area contributed by atoms with Crippen molar-refractivity contribution in [3.05, 3.63) is 39.6 Å². The highest BCUT2D eigenvalue weighted by molar-refractivity contribution is 6.33. The van der Waals surface area contributed by atoms with Crippen molar-refractivity contribution in [1.82, 2.24) is 15.4 Å². The second-order valence-electron chi connectivity index (χ2n) is 6.63. The molecule has 2 aromatic heterocycles. The van der Waals surface area contributed by atoms with Crippen molar-refractivity contribution in [3.63, 3.8) is 0 Å². The van der Waals surface area contributed by atoms with E-state index in [2.05, 4.69) is 39.9 Å². The third-order valence-electron chi connectivity index (χ3n) is 4.12. The number of hydrazine groups is 1. The van der Waals surface area contributed by atoms with Gasteiger partial charge in [0.05, 0.1) is 0 Å². The number of anilines is 3. The summed E-state index contributed by atoms with van der Waals surface area (Å²) in [6.07, 6.45) is 0. The monoisotopic (exact) mass is 437 g/mol. The molecule has 0 saturated heterocycles. The first-order chi connectivity index (χ1) is 13.7. The van der Waals surface area contributed by atoms with Crippen LogP contribution < -0.4 is 21.1 Å². The van der Waals surface area contributed by atoms with Crippen molar-refractivity contribution in [2.75, 3.05) is 29.2 Å². The van der Waals surface area contributed by atoms with Crippen LogP contribution in [0.4, 0.5) is 22.1 Å². The molecule has 2 rings (SSSR count). The first-order valence-electron chi connectivity index (χ1n) is 9.12. The lowest BCUT2D eigenvalue weighted by atomic mass is 9.95. The molecule has 0 aliphatic heterocycles. The predicted octanol–water partition coefficient (Wildman–Crippen LogP) is 4.90. The highest BCUT2D eigenvalue weighted by Gasteiger charge is 2.19. The number of aromatic nitrogens is 2. The Kier molecular flexibility index (Phi) is 7.64. The summed E-state index contributed by atoms with van der Waals surface area (Å²) in [4.78, 5) is 20.9. The summed E-state index contributed by atoms with van der Waals surface area (Å²) >= 11 is 11.7. The van der Waals surface area contributed by atoms with Gasteiger partial charge >= 0.3 is 6.03 Å². The van der Waals surface area contributed by atoms with Crippen molar-refractivity contribution in [2.24, 2.45) is 0 Å². The molecule has 0 radical (unpaired) electrons. The molecular formula is C19H25Cl2N7O. The van der Waals surface area contributed by atoms with Crippen molar-refractivity contribution in [2.45, 2.75) is 33.6 Å². The Balaban J connectivity index is 2.32. The molecular weight excluding hydrogens is 413 g/mol. The Morgan fingerprint density at radius 3 is 2.31 bits per heavy atom. The average Bonchev–Trinajstić information content (AvgIpc) is 2.63. The van der Waals surface area contributed by atoms with Crippen LogP contribution in [0.1, 0.15) is 44.7 Å². The van der Waals surface area contributed by atoms with E-state index in [9.17, 15) is 4.79 Å². The van der Waals surface area contributed by atoms with Gasteiger partial charge in [0.25, 0.3) is 0 Å². The molecule has 0 saturated carbocycles. The van der Waals surface area contributed by atoms with Crippen LogP contribution in [0, 0.1) is 5.41 Å². The zero-order valence-electron chi connectivity index (χ0n) is 17.0. The maximum absolute atomic E-state index is 12.5. The number of halogens is 2. The summed E-state index contributed by atoms with van der Waals surface area (Å²) in [6.45, 7) is 8.21. The molecule has 0 aliphatic carbocycles. The third-order valence-corrected chi connectivity index (χ3v) is 4.51. The van der Waals surface area contributed by atoms with Gasteiger partial charge in [0.1, 0.15) is 21.9 Å². The van der Waals surface area contributed by atoms with Gasteiger partial charge in [-0.1, -0.05) is 37.0 Å². The van der Waals surface area contributed by atoms with Crippen molar-refractivity contribution in [1.29, 1.82) is 5.41 Å². The molecule has 0 bridgehead atoms. The summed E-state index contributed by atoms with van der Waals surface area (Å²) in [5.74, 6) is 1.33. The van der Waals surface area contributed by atoms with Gasteiger partial charge in [-0.3, -0.25) is 5.01 Å². The van der Waals surface area contributed by atoms with Gasteiger partial charge in [0.15, 0.2) is 0 Å². The molecule has 10 heteroatoms. The molecule has 0 unspecified atom stereocenters. The maximum atomic E-state index is 12.5. The van der Waals surface area contributed by atoms with Crippen LogP contribution in [0.25, 0.3) is 0 Å². The van der Waals surface area contributed by atoms with E-state index in [0.717, 1.165) is 11.1 Å². The Hall–Kier alpha value is -2.58. The van der Waals surface area contributed by atoms with Crippen LogP contribution in [0.3, 0.4) is 0 Å². The number of nitrogens with one attached hydrogen (secondary N) is 4. The SMILES string of the molecule is CCN(NC(=O)Nc1cc(Cl)nc(Cl)c1)c1cc(C(C)C)c(C(C)=N)c(NC)n1. The number of carbonyl (C=O) groups is 1. The first kappa shape index (κ1) is 22.7. The largest absolute Gasteiger partial charge is 0.373 e. The molecule has 2 aromatic rings. The van der Waals surface area contributed by atoms with Gasteiger partial charge in [-0.25, -0.2) is 20.2 Å². The number of pyridine rings is 2. The van der Waals surface area contributed by atoms with Crippen molar-refractivity contribution in [3.8, 4) is 0 Å². The van der Waals surface area contributed by atoms with E-state index in [1.807, 2.05) is 13.0 Å². The molecule has 156 valence electrons. The summed E-state index contributed by atoms with van der Waals surface area (Å²) in [5, 5.41) is 15.8. The Morgan fingerprint density at radius 2 is 1.83 bits per heavy atom. The molecule has 2 amide bonds. The average molecular weight is 438 g/mol. The topological polar surface area (TPSA) is 106 Å². The highest BCUT2D eigenvalue weighted by atomic mass is 35.5. The second-order valence-corrected chi connectivity index (χ2v) is 7.41. The van der Waals surface area contributed by atoms with E-state index in [4.69, 9.17) is 28.6 Å². The Morgan fingerprint density at radius 1 is 1.21 bits per heavy atom. The minimum absolute atomic E-state index is 0.174. The van der Waals surface area contributed by atoms with Gasteiger partial charge in [0, 0.05) is 30.6 Å². The normalized spacial score (nSPS) is 10.6. The van der Waals surface area contributed by atoms with Crippen LogP contribution in [0.15, 0.2) is 18.2 Å². The number of amides is 2. The van der Waals surface area contributed by atoms with Gasteiger partial charge in [-0.2, -0.15) is 0 Å². The third kappa shape index (κ3) is 5.71. The molecule has 0 fully saturated rings. The summed E-state index contributed by atoms with van der Waals surface area (Å²) in [7, 11) is 1.76. The second kappa shape index (κ2) is 9.76. The van der Waals surface area contributed by atoms with Crippen molar-refractivity contribution >= 4 is 52.3 Å². The maximum Gasteiger partial charge on any atom is 0.338 e. The number of hydrogen-bond donors (Lipinski definition) is 4. The lowest BCUT2D eigenvalue weighted by molar-refractivity contribution is 0.251. The minimum Gasteiger partial charge on any atom is -0.373 e. The van der Waals surface area contributed by atoms with Gasteiger partial charge in [-0.15, -0.1) is 0 Å². The fraction of sp³-hybridized carbons (Fsp3) is 0.368. The minimum atomic E-state index is -0.476. The number of nitrogens with zero attached hydrogens (tertiary/aromatic N) is 3. The van der Waals surface area contributed by atoms with E-state index in [0.29, 0.717) is 29.6 Å². The molecule has 0 atom stereocenters. The number of rotatable bonds is 7. The number of hydrogen-bond acceptors (Lipinski definition) is 6. The molecule has 8 nitrogen and oxygen atoms in total. The molecule has 2 heterocycles. The van der Waals surface area contributed by atoms with Gasteiger partial charge in [-0.05, 0) is 43.5 Å². The van der Waals surface area contributed by atoms with E-state index >= 15 is 0 Å². The summed E-state index contributed by atoms with van der Waals surface area (Å²) in [5.41, 5.74) is 5.36. The lowest BCUT2D eigenvalue weighted by Gasteiger charge is -2.26. The summed E-state index contributed by atoms with van der Waals surface area (Å²) < 4.78 is 0. The fourth-order valence-corrected chi connectivity index (χ4v) is 3.30. The molecule has 29 heavy (non-hydrogen) atoms. The first-order valence-corrected chi connectivity index (χ1v) is 9.88. The zero-order valence-corrected chi connectivity index (χ0v) is 18.5. The highest BCUT2D eigenvalue weighted by Crippen LogP contribution is 2.29. The molecule has 0 aromatic carbocycles. The fourth-order valence-electron chi connectivity index (χ4n) is 2.84. The zero-order chi connectivity index (χ0) is 21.7. The summed E-state index contributed by atoms with van der Waals surface area (Å²) in [6, 6.07) is 4.41. The van der Waals surface area contributed by atoms with Crippen LogP contribution in [-0.4, -0.2) is 35.3 Å². The molecule has 4 N–H and O–H groups in total. The Bertz CT molecular complexity index is 897. The lowest BCUT2D eigenvalue weighted by Crippen LogP contribution is -2.45. The van der Waals surface area contributed by atoms with Crippen molar-refractivity contribution < 1.29 is 4.79 Å². The van der Waals surface area contributed by atoms with Crippen LogP contribution in [0.2, 0.25) is 10.3 Å². The quantitative estimate of drug-likeness (QED) is 0.280. The van der Waals surface area contributed by atoms with E-state index in [1.54, 1.807) is 19.0 Å². The molecule has 0 aliphatic rings. The van der Waals surface area contributed by atoms with Gasteiger partial charge in [0.2, 0.25) is 0 Å². The van der Waals surface area contributed by atoms with Crippen LogP contribution in [-0.2, 0) is 0 Å². The number of carbonyl (C=O) groups excluding carboxylic acids is 1. The van der Waals surface area contributed by atoms with E-state index in [-0.39, 0.29) is 16.2 Å². The van der Waals surface area contributed by atoms with E-state index in [1.165, 1.54) is 12.1 Å². The van der Waals surface area contributed by atoms with Gasteiger partial charge < -0.3 is 16.0 Å². The predicted molar refractivity (Wildman–Crippen MR) is 120 cm³/mol. The Labute approximate surface area is 180 Å².